The molecular weight excluding hydrogens is 413 g/mol. The molecule has 2 aromatic carbocycles. The molecule has 31 heavy (non-hydrogen) atoms. The predicted octanol–water partition coefficient (Wildman–Crippen LogP) is 4.33. The van der Waals surface area contributed by atoms with Crippen LogP contribution in [0.5, 0.6) is 11.5 Å². The maximum Gasteiger partial charge on any atom is 0.422 e. The molecule has 0 aromatic heterocycles. The molecule has 6 nitrogen and oxygen atoms in total. The Bertz CT molecular complexity index is 947. The van der Waals surface area contributed by atoms with Gasteiger partial charge in [-0.25, -0.2) is 0 Å². The van der Waals surface area contributed by atoms with E-state index in [2.05, 4.69) is 5.32 Å². The van der Waals surface area contributed by atoms with Crippen LogP contribution in [0.4, 0.5) is 24.5 Å². The Hall–Kier alpha value is -3.23. The second kappa shape index (κ2) is 9.72. The maximum absolute atomic E-state index is 12.5. The quantitative estimate of drug-likeness (QED) is 0.669. The number of para-hydroxylation sites is 2. The number of nitrogens with zero attached hydrogens (tertiary/aromatic N) is 1. The van der Waals surface area contributed by atoms with Gasteiger partial charge in [0.05, 0.1) is 18.5 Å². The van der Waals surface area contributed by atoms with Crippen molar-refractivity contribution in [3.05, 3.63) is 48.0 Å². The smallest absolute Gasteiger partial charge is 0.422 e. The molecule has 2 aromatic rings. The van der Waals surface area contributed by atoms with Gasteiger partial charge in [-0.15, -0.1) is 0 Å². The van der Waals surface area contributed by atoms with E-state index in [4.69, 9.17) is 9.47 Å². The molecule has 1 N–H and O–H groups in total. The number of ether oxygens (including phenoxy) is 2. The molecule has 9 heteroatoms. The first-order chi connectivity index (χ1) is 14.8. The summed E-state index contributed by atoms with van der Waals surface area (Å²) in [6, 6.07) is 11.7. The first-order valence-electron chi connectivity index (χ1n) is 9.82. The minimum Gasteiger partial charge on any atom is -0.493 e. The second-order valence-corrected chi connectivity index (χ2v) is 7.10. The first-order valence-corrected chi connectivity index (χ1v) is 9.82. The summed E-state index contributed by atoms with van der Waals surface area (Å²) < 4.78 is 47.0. The number of alkyl halides is 3. The lowest BCUT2D eigenvalue weighted by Gasteiger charge is -2.20. The number of aryl methyl sites for hydroxylation is 1. The summed E-state index contributed by atoms with van der Waals surface area (Å²) in [7, 11) is 1.34. The zero-order valence-corrected chi connectivity index (χ0v) is 17.0. The van der Waals surface area contributed by atoms with Crippen LogP contribution in [0.2, 0.25) is 0 Å². The Morgan fingerprint density at radius 2 is 1.94 bits per heavy atom. The highest BCUT2D eigenvalue weighted by molar-refractivity contribution is 6.02. The van der Waals surface area contributed by atoms with Crippen LogP contribution in [0.1, 0.15) is 24.8 Å². The molecule has 1 aliphatic rings. The van der Waals surface area contributed by atoms with E-state index in [0.29, 0.717) is 30.8 Å². The third kappa shape index (κ3) is 6.13. The summed E-state index contributed by atoms with van der Waals surface area (Å²) in [5.74, 6) is -0.0608. The summed E-state index contributed by atoms with van der Waals surface area (Å²) in [5.41, 5.74) is 1.96. The summed E-state index contributed by atoms with van der Waals surface area (Å²) in [4.78, 5) is 26.2. The largest absolute Gasteiger partial charge is 0.493 e. The van der Waals surface area contributed by atoms with Gasteiger partial charge in [0.25, 0.3) is 0 Å². The molecule has 0 radical (unpaired) electrons. The van der Waals surface area contributed by atoms with Gasteiger partial charge < -0.3 is 19.7 Å². The Morgan fingerprint density at radius 3 is 2.61 bits per heavy atom. The number of hydrogen-bond acceptors (Lipinski definition) is 4. The van der Waals surface area contributed by atoms with Crippen LogP contribution in [0.25, 0.3) is 0 Å². The SMILES string of the molecule is COc1cc(CCC(=O)Nc2ccccc2N2CCCC2=O)ccc1OCC(F)(F)F. The fraction of sp³-hybridized carbons (Fsp3) is 0.364. The van der Waals surface area contributed by atoms with E-state index in [9.17, 15) is 22.8 Å². The van der Waals surface area contributed by atoms with Gasteiger partial charge in [-0.3, -0.25) is 9.59 Å². The normalized spacial score (nSPS) is 13.9. The average Bonchev–Trinajstić information content (AvgIpc) is 3.16. The number of amides is 2. The zero-order valence-electron chi connectivity index (χ0n) is 17.0. The van der Waals surface area contributed by atoms with Gasteiger partial charge in [0.2, 0.25) is 11.8 Å². The van der Waals surface area contributed by atoms with Gasteiger partial charge in [0, 0.05) is 19.4 Å². The van der Waals surface area contributed by atoms with Crippen molar-refractivity contribution in [1.29, 1.82) is 0 Å². The molecule has 0 unspecified atom stereocenters. The summed E-state index contributed by atoms with van der Waals surface area (Å²) in [5, 5.41) is 2.84. The summed E-state index contributed by atoms with van der Waals surface area (Å²) >= 11 is 0. The number of methoxy groups -OCH3 is 1. The van der Waals surface area contributed by atoms with E-state index in [1.54, 1.807) is 35.2 Å². The molecule has 166 valence electrons. The molecule has 1 heterocycles. The monoisotopic (exact) mass is 436 g/mol. The zero-order chi connectivity index (χ0) is 22.4. The molecule has 0 bridgehead atoms. The Morgan fingerprint density at radius 1 is 1.16 bits per heavy atom. The van der Waals surface area contributed by atoms with E-state index in [0.717, 1.165) is 12.0 Å². The average molecular weight is 436 g/mol. The fourth-order valence-electron chi connectivity index (χ4n) is 3.33. The van der Waals surface area contributed by atoms with Crippen molar-refractivity contribution in [1.82, 2.24) is 0 Å². The van der Waals surface area contributed by atoms with Crippen LogP contribution in [0, 0.1) is 0 Å². The van der Waals surface area contributed by atoms with Crippen LogP contribution in [0.15, 0.2) is 42.5 Å². The Kier molecular flexibility index (Phi) is 7.04. The number of anilines is 2. The standard InChI is InChI=1S/C22H23F3N2O4/c1-30-19-13-15(8-10-18(19)31-14-22(23,24)25)9-11-20(28)26-16-5-2-3-6-17(16)27-12-4-7-21(27)29/h2-3,5-6,8,10,13H,4,7,9,11-12,14H2,1H3,(H,26,28). The minimum atomic E-state index is -4.45. The molecular formula is C22H23F3N2O4. The third-order valence-electron chi connectivity index (χ3n) is 4.80. The second-order valence-electron chi connectivity index (χ2n) is 7.10. The lowest BCUT2D eigenvalue weighted by molar-refractivity contribution is -0.153. The van der Waals surface area contributed by atoms with Crippen LogP contribution >= 0.6 is 0 Å². The number of rotatable bonds is 8. The van der Waals surface area contributed by atoms with E-state index in [1.807, 2.05) is 6.07 Å². The molecule has 1 fully saturated rings. The third-order valence-corrected chi connectivity index (χ3v) is 4.80. The summed E-state index contributed by atoms with van der Waals surface area (Å²) in [6.45, 7) is -0.793. The van der Waals surface area contributed by atoms with Crippen LogP contribution < -0.4 is 19.7 Å². The maximum atomic E-state index is 12.5. The molecule has 1 saturated heterocycles. The highest BCUT2D eigenvalue weighted by Gasteiger charge is 2.29. The first kappa shape index (κ1) is 22.5. The fourth-order valence-corrected chi connectivity index (χ4v) is 3.33. The molecule has 1 aliphatic heterocycles. The van der Waals surface area contributed by atoms with Crippen molar-refractivity contribution in [3.8, 4) is 11.5 Å². The van der Waals surface area contributed by atoms with Crippen LogP contribution in [-0.2, 0) is 16.0 Å². The van der Waals surface area contributed by atoms with E-state index in [1.165, 1.54) is 13.2 Å². The number of benzene rings is 2. The Balaban J connectivity index is 1.61. The predicted molar refractivity (Wildman–Crippen MR) is 110 cm³/mol. The van der Waals surface area contributed by atoms with Gasteiger partial charge in [-0.05, 0) is 42.7 Å². The topological polar surface area (TPSA) is 67.9 Å². The molecule has 0 spiro atoms. The Labute approximate surface area is 177 Å². The lowest BCUT2D eigenvalue weighted by atomic mass is 10.1. The molecule has 0 atom stereocenters. The van der Waals surface area contributed by atoms with Crippen molar-refractivity contribution < 1.29 is 32.2 Å². The molecule has 3 rings (SSSR count). The number of carbonyl (C=O) groups is 2. The van der Waals surface area contributed by atoms with E-state index >= 15 is 0 Å². The number of halogens is 3. The van der Waals surface area contributed by atoms with Gasteiger partial charge in [-0.2, -0.15) is 13.2 Å². The van der Waals surface area contributed by atoms with Gasteiger partial charge in [0.1, 0.15) is 0 Å². The van der Waals surface area contributed by atoms with Crippen LogP contribution in [-0.4, -0.2) is 38.3 Å². The lowest BCUT2D eigenvalue weighted by Crippen LogP contribution is -2.25. The molecule has 0 saturated carbocycles. The minimum absolute atomic E-state index is 0.0164. The van der Waals surface area contributed by atoms with Gasteiger partial charge in [0.15, 0.2) is 18.1 Å². The molecule has 0 aliphatic carbocycles. The van der Waals surface area contributed by atoms with Crippen molar-refractivity contribution in [3.63, 3.8) is 0 Å². The van der Waals surface area contributed by atoms with Crippen LogP contribution in [0.3, 0.4) is 0 Å². The number of hydrogen-bond donors (Lipinski definition) is 1. The highest BCUT2D eigenvalue weighted by Crippen LogP contribution is 2.31. The van der Waals surface area contributed by atoms with Crippen molar-refractivity contribution in [2.45, 2.75) is 31.9 Å². The van der Waals surface area contributed by atoms with Gasteiger partial charge >= 0.3 is 6.18 Å². The van der Waals surface area contributed by atoms with E-state index in [-0.39, 0.29) is 29.7 Å². The van der Waals surface area contributed by atoms with Gasteiger partial charge in [-0.1, -0.05) is 18.2 Å². The number of carbonyl (C=O) groups excluding carboxylic acids is 2. The van der Waals surface area contributed by atoms with Crippen molar-refractivity contribution in [2.75, 3.05) is 30.5 Å². The summed E-state index contributed by atoms with van der Waals surface area (Å²) in [6.07, 6.45) is -2.67. The number of nitrogens with one attached hydrogen (secondary N) is 1. The van der Waals surface area contributed by atoms with Crippen molar-refractivity contribution in [2.24, 2.45) is 0 Å². The highest BCUT2D eigenvalue weighted by atomic mass is 19.4. The van der Waals surface area contributed by atoms with E-state index < -0.39 is 12.8 Å². The molecule has 2 amide bonds. The van der Waals surface area contributed by atoms with Crippen molar-refractivity contribution >= 4 is 23.2 Å².